The highest BCUT2D eigenvalue weighted by Crippen LogP contribution is 2.06. The Hall–Kier alpha value is -2.09. The third kappa shape index (κ3) is 5.07. The van der Waals surface area contributed by atoms with Crippen LogP contribution in [0, 0.1) is 11.8 Å². The first kappa shape index (κ1) is 15.3. The molecule has 2 aromatic rings. The van der Waals surface area contributed by atoms with Crippen molar-refractivity contribution >= 4 is 17.2 Å². The molecular weight excluding hydrogens is 282 g/mol. The summed E-state index contributed by atoms with van der Waals surface area (Å²) in [6.45, 7) is 0.700. The standard InChI is InChI=1S/C17H17NO2S/c19-11-2-1-3-14-4-6-16(7-5-14)17(20)18-10-8-15-9-12-21-13-15/h4-7,9,12-13,19H,2,8,10-11H2,(H,18,20). The maximum absolute atomic E-state index is 12.0. The molecule has 2 rings (SSSR count). The summed E-state index contributed by atoms with van der Waals surface area (Å²) in [6.07, 6.45) is 1.31. The minimum absolute atomic E-state index is 0.0671. The van der Waals surface area contributed by atoms with E-state index in [4.69, 9.17) is 5.11 Å². The zero-order valence-electron chi connectivity index (χ0n) is 11.6. The monoisotopic (exact) mass is 299 g/mol. The van der Waals surface area contributed by atoms with Crippen LogP contribution in [0.4, 0.5) is 0 Å². The molecule has 0 bridgehead atoms. The minimum atomic E-state index is -0.0694. The summed E-state index contributed by atoms with van der Waals surface area (Å²) in [5, 5.41) is 15.7. The fourth-order valence-electron chi connectivity index (χ4n) is 1.78. The molecule has 0 fully saturated rings. The Morgan fingerprint density at radius 1 is 1.24 bits per heavy atom. The van der Waals surface area contributed by atoms with Crippen molar-refractivity contribution in [3.8, 4) is 11.8 Å². The second-order valence-corrected chi connectivity index (χ2v) is 5.27. The van der Waals surface area contributed by atoms with Gasteiger partial charge in [0.15, 0.2) is 0 Å². The van der Waals surface area contributed by atoms with Crippen LogP contribution in [-0.2, 0) is 6.42 Å². The van der Waals surface area contributed by atoms with Gasteiger partial charge in [0.05, 0.1) is 6.61 Å². The molecule has 1 amide bonds. The van der Waals surface area contributed by atoms with Gasteiger partial charge < -0.3 is 10.4 Å². The lowest BCUT2D eigenvalue weighted by Gasteiger charge is -2.04. The predicted octanol–water partition coefficient (Wildman–Crippen LogP) is 2.45. The first-order valence-electron chi connectivity index (χ1n) is 6.78. The maximum Gasteiger partial charge on any atom is 0.251 e. The molecule has 0 aliphatic heterocycles. The molecule has 1 aromatic carbocycles. The van der Waals surface area contributed by atoms with Crippen LogP contribution in [0.2, 0.25) is 0 Å². The number of nitrogens with one attached hydrogen (secondary N) is 1. The molecule has 0 unspecified atom stereocenters. The smallest absolute Gasteiger partial charge is 0.251 e. The van der Waals surface area contributed by atoms with Gasteiger partial charge in [0.1, 0.15) is 0 Å². The number of hydrogen-bond donors (Lipinski definition) is 2. The molecule has 2 N–H and O–H groups in total. The number of carbonyl (C=O) groups is 1. The van der Waals surface area contributed by atoms with Crippen LogP contribution in [0.3, 0.4) is 0 Å². The number of aliphatic hydroxyl groups is 1. The normalized spacial score (nSPS) is 9.76. The largest absolute Gasteiger partial charge is 0.395 e. The van der Waals surface area contributed by atoms with Crippen LogP contribution in [-0.4, -0.2) is 24.2 Å². The zero-order chi connectivity index (χ0) is 14.9. The van der Waals surface area contributed by atoms with Crippen molar-refractivity contribution in [3.63, 3.8) is 0 Å². The van der Waals surface area contributed by atoms with E-state index in [-0.39, 0.29) is 12.5 Å². The summed E-state index contributed by atoms with van der Waals surface area (Å²) in [6, 6.07) is 9.23. The van der Waals surface area contributed by atoms with E-state index in [1.54, 1.807) is 23.5 Å². The van der Waals surface area contributed by atoms with E-state index in [0.29, 0.717) is 18.5 Å². The van der Waals surface area contributed by atoms with Gasteiger partial charge in [-0.2, -0.15) is 11.3 Å². The van der Waals surface area contributed by atoms with Crippen molar-refractivity contribution in [3.05, 3.63) is 57.8 Å². The summed E-state index contributed by atoms with van der Waals surface area (Å²) in [5.74, 6) is 5.71. The van der Waals surface area contributed by atoms with Crippen LogP contribution in [0.5, 0.6) is 0 Å². The highest BCUT2D eigenvalue weighted by Gasteiger charge is 2.04. The van der Waals surface area contributed by atoms with Gasteiger partial charge in [0.2, 0.25) is 0 Å². The first-order valence-corrected chi connectivity index (χ1v) is 7.73. The average molecular weight is 299 g/mol. The third-order valence-corrected chi connectivity index (χ3v) is 3.63. The molecule has 0 aliphatic rings. The Morgan fingerprint density at radius 2 is 2.05 bits per heavy atom. The molecule has 1 heterocycles. The zero-order valence-corrected chi connectivity index (χ0v) is 12.5. The molecule has 0 saturated heterocycles. The first-order chi connectivity index (χ1) is 10.3. The van der Waals surface area contributed by atoms with E-state index in [2.05, 4.69) is 28.6 Å². The van der Waals surface area contributed by atoms with Gasteiger partial charge in [0.25, 0.3) is 5.91 Å². The Morgan fingerprint density at radius 3 is 2.71 bits per heavy atom. The quantitative estimate of drug-likeness (QED) is 0.833. The molecule has 21 heavy (non-hydrogen) atoms. The van der Waals surface area contributed by atoms with Crippen molar-refractivity contribution in [2.45, 2.75) is 12.8 Å². The summed E-state index contributed by atoms with van der Waals surface area (Å²) < 4.78 is 0. The average Bonchev–Trinajstić information content (AvgIpc) is 3.01. The number of carbonyl (C=O) groups excluding carboxylic acids is 1. The second kappa shape index (κ2) is 8.25. The van der Waals surface area contributed by atoms with Gasteiger partial charge in [-0.1, -0.05) is 11.8 Å². The molecule has 0 aliphatic carbocycles. The molecular formula is C17H17NO2S. The lowest BCUT2D eigenvalue weighted by molar-refractivity contribution is 0.0954. The minimum Gasteiger partial charge on any atom is -0.395 e. The molecule has 4 heteroatoms. The molecule has 3 nitrogen and oxygen atoms in total. The van der Waals surface area contributed by atoms with Gasteiger partial charge in [-0.3, -0.25) is 4.79 Å². The molecule has 0 spiro atoms. The van der Waals surface area contributed by atoms with E-state index in [0.717, 1.165) is 12.0 Å². The van der Waals surface area contributed by atoms with Crippen molar-refractivity contribution in [2.75, 3.05) is 13.2 Å². The number of aliphatic hydroxyl groups excluding tert-OH is 1. The fourth-order valence-corrected chi connectivity index (χ4v) is 2.49. The van der Waals surface area contributed by atoms with Crippen LogP contribution in [0.1, 0.15) is 27.9 Å². The van der Waals surface area contributed by atoms with Crippen LogP contribution in [0.15, 0.2) is 41.1 Å². The van der Waals surface area contributed by atoms with Gasteiger partial charge in [0, 0.05) is 24.1 Å². The van der Waals surface area contributed by atoms with E-state index >= 15 is 0 Å². The van der Waals surface area contributed by atoms with Crippen LogP contribution < -0.4 is 5.32 Å². The van der Waals surface area contributed by atoms with Gasteiger partial charge in [-0.05, 0) is 53.1 Å². The van der Waals surface area contributed by atoms with E-state index in [1.165, 1.54) is 5.56 Å². The third-order valence-electron chi connectivity index (χ3n) is 2.90. The maximum atomic E-state index is 12.0. The summed E-state index contributed by atoms with van der Waals surface area (Å²) in [5.41, 5.74) is 2.72. The van der Waals surface area contributed by atoms with Gasteiger partial charge >= 0.3 is 0 Å². The van der Waals surface area contributed by atoms with Gasteiger partial charge in [-0.15, -0.1) is 0 Å². The van der Waals surface area contributed by atoms with Crippen LogP contribution in [0.25, 0.3) is 0 Å². The number of rotatable bonds is 5. The molecule has 0 saturated carbocycles. The topological polar surface area (TPSA) is 49.3 Å². The fraction of sp³-hybridized carbons (Fsp3) is 0.235. The Labute approximate surface area is 128 Å². The molecule has 0 radical (unpaired) electrons. The van der Waals surface area contributed by atoms with Crippen molar-refractivity contribution < 1.29 is 9.90 Å². The molecule has 1 aromatic heterocycles. The van der Waals surface area contributed by atoms with E-state index < -0.39 is 0 Å². The van der Waals surface area contributed by atoms with Gasteiger partial charge in [-0.25, -0.2) is 0 Å². The molecule has 0 atom stereocenters. The van der Waals surface area contributed by atoms with E-state index in [1.807, 2.05) is 17.5 Å². The summed E-state index contributed by atoms with van der Waals surface area (Å²) in [7, 11) is 0. The number of thiophene rings is 1. The van der Waals surface area contributed by atoms with Crippen molar-refractivity contribution in [1.29, 1.82) is 0 Å². The van der Waals surface area contributed by atoms with Crippen molar-refractivity contribution in [1.82, 2.24) is 5.32 Å². The Balaban J connectivity index is 1.83. The highest BCUT2D eigenvalue weighted by molar-refractivity contribution is 7.07. The second-order valence-electron chi connectivity index (χ2n) is 4.49. The van der Waals surface area contributed by atoms with Crippen molar-refractivity contribution in [2.24, 2.45) is 0 Å². The summed E-state index contributed by atoms with van der Waals surface area (Å²) in [4.78, 5) is 12.0. The lowest BCUT2D eigenvalue weighted by atomic mass is 10.1. The molecule has 108 valence electrons. The predicted molar refractivity (Wildman–Crippen MR) is 85.4 cm³/mol. The van der Waals surface area contributed by atoms with E-state index in [9.17, 15) is 4.79 Å². The number of benzene rings is 1. The number of hydrogen-bond acceptors (Lipinski definition) is 3. The Kier molecular flexibility index (Phi) is 6.01. The SMILES string of the molecule is O=C(NCCc1ccsc1)c1ccc(C#CCCO)cc1. The lowest BCUT2D eigenvalue weighted by Crippen LogP contribution is -2.25. The number of amides is 1. The summed E-state index contributed by atoms with van der Waals surface area (Å²) >= 11 is 1.66. The Bertz CT molecular complexity index is 621. The van der Waals surface area contributed by atoms with Crippen LogP contribution >= 0.6 is 11.3 Å². The highest BCUT2D eigenvalue weighted by atomic mass is 32.1.